The van der Waals surface area contributed by atoms with Crippen LogP contribution < -0.4 is 15.4 Å². The molecule has 17 heavy (non-hydrogen) atoms. The number of benzene rings is 1. The Bertz CT molecular complexity index is 512. The third-order valence-corrected chi connectivity index (χ3v) is 3.53. The molecule has 0 heterocycles. The first-order chi connectivity index (χ1) is 7.82. The van der Waals surface area contributed by atoms with Crippen LogP contribution in [0.5, 0.6) is 0 Å². The van der Waals surface area contributed by atoms with E-state index in [2.05, 4.69) is 16.9 Å². The lowest BCUT2D eigenvalue weighted by Crippen LogP contribution is -2.27. The normalized spacial score (nSPS) is 10.9. The van der Waals surface area contributed by atoms with Crippen LogP contribution in [0, 0.1) is 0 Å². The molecular weight excluding hydrogens is 258 g/mol. The van der Waals surface area contributed by atoms with E-state index in [-0.39, 0.29) is 10.7 Å². The van der Waals surface area contributed by atoms with Crippen molar-refractivity contribution in [3.8, 4) is 0 Å². The molecule has 0 radical (unpaired) electrons. The Kier molecular flexibility index (Phi) is 4.30. The molecule has 0 unspecified atom stereocenters. The minimum atomic E-state index is -3.53. The van der Waals surface area contributed by atoms with Crippen LogP contribution >= 0.6 is 12.2 Å². The van der Waals surface area contributed by atoms with Gasteiger partial charge < -0.3 is 10.6 Å². The zero-order valence-electron chi connectivity index (χ0n) is 9.67. The fourth-order valence-electron chi connectivity index (χ4n) is 1.34. The van der Waals surface area contributed by atoms with E-state index in [1.807, 2.05) is 31.1 Å². The SMILES string of the molecule is CN(C)c1ccccc1NS(=O)(=O)CC(N)=S. The number of hydrogen-bond acceptors (Lipinski definition) is 4. The molecule has 3 N–H and O–H groups in total. The van der Waals surface area contributed by atoms with Crippen molar-refractivity contribution in [3.05, 3.63) is 24.3 Å². The fourth-order valence-corrected chi connectivity index (χ4v) is 2.76. The number of nitrogens with one attached hydrogen (secondary N) is 1. The Hall–Kier alpha value is -1.34. The summed E-state index contributed by atoms with van der Waals surface area (Å²) in [6.45, 7) is 0. The first-order valence-corrected chi connectivity index (χ1v) is 6.93. The minimum absolute atomic E-state index is 0.0557. The quantitative estimate of drug-likeness (QED) is 0.775. The lowest BCUT2D eigenvalue weighted by atomic mass is 10.2. The van der Waals surface area contributed by atoms with Crippen molar-refractivity contribution in [2.24, 2.45) is 5.73 Å². The zero-order chi connectivity index (χ0) is 13.1. The number of hydrogen-bond donors (Lipinski definition) is 2. The summed E-state index contributed by atoms with van der Waals surface area (Å²) in [5.41, 5.74) is 6.52. The molecule has 0 atom stereocenters. The van der Waals surface area contributed by atoms with E-state index >= 15 is 0 Å². The molecule has 94 valence electrons. The molecule has 0 saturated heterocycles. The van der Waals surface area contributed by atoms with Gasteiger partial charge in [-0.25, -0.2) is 8.42 Å². The highest BCUT2D eigenvalue weighted by Crippen LogP contribution is 2.24. The van der Waals surface area contributed by atoms with Crippen molar-refractivity contribution in [1.82, 2.24) is 0 Å². The Balaban J connectivity index is 2.99. The van der Waals surface area contributed by atoms with Gasteiger partial charge in [-0.15, -0.1) is 0 Å². The molecule has 0 saturated carbocycles. The van der Waals surface area contributed by atoms with Gasteiger partial charge in [-0.2, -0.15) is 0 Å². The summed E-state index contributed by atoms with van der Waals surface area (Å²) >= 11 is 4.59. The van der Waals surface area contributed by atoms with Gasteiger partial charge in [0, 0.05) is 14.1 Å². The number of rotatable bonds is 5. The van der Waals surface area contributed by atoms with E-state index in [0.29, 0.717) is 5.69 Å². The van der Waals surface area contributed by atoms with Crippen molar-refractivity contribution in [2.45, 2.75) is 0 Å². The van der Waals surface area contributed by atoms with Gasteiger partial charge in [0.25, 0.3) is 0 Å². The van der Waals surface area contributed by atoms with Crippen molar-refractivity contribution in [3.63, 3.8) is 0 Å². The molecule has 7 heteroatoms. The van der Waals surface area contributed by atoms with E-state index < -0.39 is 10.0 Å². The van der Waals surface area contributed by atoms with Gasteiger partial charge >= 0.3 is 0 Å². The molecule has 0 amide bonds. The van der Waals surface area contributed by atoms with Gasteiger partial charge in [-0.1, -0.05) is 24.4 Å². The Labute approximate surface area is 107 Å². The maximum Gasteiger partial charge on any atom is 0.239 e. The molecule has 1 aromatic rings. The van der Waals surface area contributed by atoms with Crippen LogP contribution in [0.25, 0.3) is 0 Å². The predicted octanol–water partition coefficient (Wildman–Crippen LogP) is 0.780. The largest absolute Gasteiger partial charge is 0.392 e. The van der Waals surface area contributed by atoms with E-state index in [0.717, 1.165) is 5.69 Å². The molecule has 0 aliphatic rings. The molecule has 0 aromatic heterocycles. The van der Waals surface area contributed by atoms with Gasteiger partial charge in [0.2, 0.25) is 10.0 Å². The molecule has 0 aliphatic heterocycles. The second-order valence-electron chi connectivity index (χ2n) is 3.74. The van der Waals surface area contributed by atoms with Gasteiger partial charge in [-0.05, 0) is 12.1 Å². The Morgan fingerprint density at radius 3 is 2.53 bits per heavy atom. The van der Waals surface area contributed by atoms with Crippen LogP contribution in [0.1, 0.15) is 0 Å². The standard InChI is InChI=1S/C10H15N3O2S2/c1-13(2)9-6-4-3-5-8(9)12-17(14,15)7-10(11)16/h3-6,12H,7H2,1-2H3,(H2,11,16). The lowest BCUT2D eigenvalue weighted by molar-refractivity contribution is 0.605. The van der Waals surface area contributed by atoms with E-state index in [1.165, 1.54) is 0 Å². The average Bonchev–Trinajstić information content (AvgIpc) is 2.14. The summed E-state index contributed by atoms with van der Waals surface area (Å²) < 4.78 is 25.8. The fraction of sp³-hybridized carbons (Fsp3) is 0.300. The van der Waals surface area contributed by atoms with Gasteiger partial charge in [0.05, 0.1) is 16.4 Å². The summed E-state index contributed by atoms with van der Waals surface area (Å²) in [5.74, 6) is -0.357. The van der Waals surface area contributed by atoms with Crippen molar-refractivity contribution >= 4 is 38.6 Å². The molecule has 0 fully saturated rings. The van der Waals surface area contributed by atoms with Gasteiger partial charge in [0.1, 0.15) is 5.75 Å². The van der Waals surface area contributed by atoms with Crippen LogP contribution in [0.2, 0.25) is 0 Å². The second kappa shape index (κ2) is 5.33. The lowest BCUT2D eigenvalue weighted by Gasteiger charge is -2.18. The van der Waals surface area contributed by atoms with Crippen LogP contribution in [-0.4, -0.2) is 33.3 Å². The number of thiocarbonyl (C=S) groups is 1. The van der Waals surface area contributed by atoms with E-state index in [9.17, 15) is 8.42 Å². The molecule has 0 spiro atoms. The van der Waals surface area contributed by atoms with Crippen molar-refractivity contribution in [2.75, 3.05) is 29.5 Å². The molecule has 1 rings (SSSR count). The predicted molar refractivity (Wildman–Crippen MR) is 75.0 cm³/mol. The summed E-state index contributed by atoms with van der Waals surface area (Å²) in [6, 6.07) is 7.09. The van der Waals surface area contributed by atoms with Crippen LogP contribution in [0.3, 0.4) is 0 Å². The number of nitrogens with two attached hydrogens (primary N) is 1. The van der Waals surface area contributed by atoms with E-state index in [1.54, 1.807) is 12.1 Å². The van der Waals surface area contributed by atoms with Gasteiger partial charge in [-0.3, -0.25) is 4.72 Å². The summed E-state index contributed by atoms with van der Waals surface area (Å²) in [7, 11) is 0.135. The number of nitrogens with zero attached hydrogens (tertiary/aromatic N) is 1. The smallest absolute Gasteiger partial charge is 0.239 e. The van der Waals surface area contributed by atoms with Crippen LogP contribution in [-0.2, 0) is 10.0 Å². The highest BCUT2D eigenvalue weighted by atomic mass is 32.2. The summed E-state index contributed by atoms with van der Waals surface area (Å²) in [5, 5.41) is 0. The van der Waals surface area contributed by atoms with Gasteiger partial charge in [0.15, 0.2) is 0 Å². The van der Waals surface area contributed by atoms with Crippen LogP contribution in [0.15, 0.2) is 24.3 Å². The highest BCUT2D eigenvalue weighted by Gasteiger charge is 2.14. The van der Waals surface area contributed by atoms with Crippen molar-refractivity contribution in [1.29, 1.82) is 0 Å². The topological polar surface area (TPSA) is 75.4 Å². The first-order valence-electron chi connectivity index (χ1n) is 4.87. The summed E-state index contributed by atoms with van der Waals surface area (Å²) in [4.78, 5) is 1.76. The molecule has 5 nitrogen and oxygen atoms in total. The minimum Gasteiger partial charge on any atom is -0.392 e. The number of sulfonamides is 1. The Morgan fingerprint density at radius 1 is 1.41 bits per heavy atom. The first kappa shape index (κ1) is 13.7. The monoisotopic (exact) mass is 273 g/mol. The molecule has 0 aliphatic carbocycles. The molecular formula is C10H15N3O2S2. The highest BCUT2D eigenvalue weighted by molar-refractivity contribution is 7.95. The third kappa shape index (κ3) is 4.20. The van der Waals surface area contributed by atoms with Crippen LogP contribution in [0.4, 0.5) is 11.4 Å². The third-order valence-electron chi connectivity index (χ3n) is 1.98. The molecule has 1 aromatic carbocycles. The summed E-state index contributed by atoms with van der Waals surface area (Å²) in [6.07, 6.45) is 0. The Morgan fingerprint density at radius 2 is 2.00 bits per heavy atom. The maximum absolute atomic E-state index is 11.7. The average molecular weight is 273 g/mol. The number of anilines is 2. The second-order valence-corrected chi connectivity index (χ2v) is 5.99. The molecule has 0 bridgehead atoms. The number of para-hydroxylation sites is 2. The maximum atomic E-state index is 11.7. The van der Waals surface area contributed by atoms with Crippen molar-refractivity contribution < 1.29 is 8.42 Å². The van der Waals surface area contributed by atoms with E-state index in [4.69, 9.17) is 5.73 Å². The zero-order valence-corrected chi connectivity index (χ0v) is 11.3.